The van der Waals surface area contributed by atoms with Crippen molar-refractivity contribution in [3.8, 4) is 0 Å². The number of hydrogen-bond acceptors (Lipinski definition) is 11. The number of likely N-dealkylation sites (N-methyl/N-ethyl adjacent to an activating group) is 1. The summed E-state index contributed by atoms with van der Waals surface area (Å²) in [5, 5.41) is 26.2. The first-order chi connectivity index (χ1) is 18.7. The molecule has 3 amide bonds. The number of nitrogens with two attached hydrogens (primary N) is 1. The molecule has 3 fully saturated rings. The van der Waals surface area contributed by atoms with Crippen LogP contribution in [0.5, 0.6) is 0 Å². The number of aliphatic hydroxyl groups is 2. The van der Waals surface area contributed by atoms with Crippen LogP contribution in [-0.2, 0) is 25.5 Å². The summed E-state index contributed by atoms with van der Waals surface area (Å²) in [5.74, 6) is 0.394. The van der Waals surface area contributed by atoms with Crippen LogP contribution in [0.1, 0.15) is 51.1 Å². The van der Waals surface area contributed by atoms with Crippen molar-refractivity contribution in [1.29, 1.82) is 0 Å². The number of ether oxygens (including phenoxy) is 2. The predicted octanol–water partition coefficient (Wildman–Crippen LogP) is -0.819. The number of hydrogen-bond donors (Lipinski definition) is 5. The molecule has 5 heterocycles. The van der Waals surface area contributed by atoms with E-state index in [2.05, 4.69) is 25.6 Å². The average molecular weight is 547 g/mol. The molecule has 0 spiro atoms. The summed E-state index contributed by atoms with van der Waals surface area (Å²) in [6.07, 6.45) is -0.915. The lowest BCUT2D eigenvalue weighted by Crippen LogP contribution is -2.42. The number of aromatic nitrogens is 4. The van der Waals surface area contributed by atoms with Crippen LogP contribution in [0.4, 0.5) is 10.6 Å². The van der Waals surface area contributed by atoms with Crippen molar-refractivity contribution in [3.05, 3.63) is 12.2 Å². The predicted molar refractivity (Wildman–Crippen MR) is 135 cm³/mol. The summed E-state index contributed by atoms with van der Waals surface area (Å²) in [6, 6.07) is 0. The van der Waals surface area contributed by atoms with E-state index in [0.717, 1.165) is 19.3 Å². The molecule has 0 radical (unpaired) electrons. The van der Waals surface area contributed by atoms with Crippen molar-refractivity contribution in [3.63, 3.8) is 0 Å². The maximum atomic E-state index is 12.4. The highest BCUT2D eigenvalue weighted by Crippen LogP contribution is 2.32. The Morgan fingerprint density at radius 1 is 1.23 bits per heavy atom. The third kappa shape index (κ3) is 5.60. The molecule has 5 rings (SSSR count). The molecule has 6 N–H and O–H groups in total. The first kappa shape index (κ1) is 27.0. The van der Waals surface area contributed by atoms with E-state index in [0.29, 0.717) is 61.8 Å². The summed E-state index contributed by atoms with van der Waals surface area (Å²) in [7, 11) is 0. The Morgan fingerprint density at radius 3 is 2.69 bits per heavy atom. The average Bonchev–Trinajstić information content (AvgIpc) is 3.61. The number of nitrogens with one attached hydrogen (secondary N) is 2. The van der Waals surface area contributed by atoms with Crippen molar-refractivity contribution in [1.82, 2.24) is 35.1 Å². The minimum atomic E-state index is -1.42. The van der Waals surface area contributed by atoms with E-state index in [-0.39, 0.29) is 11.7 Å². The second kappa shape index (κ2) is 11.3. The smallest absolute Gasteiger partial charge is 0.411 e. The van der Waals surface area contributed by atoms with Crippen LogP contribution in [0.3, 0.4) is 0 Å². The van der Waals surface area contributed by atoms with E-state index in [1.54, 1.807) is 11.8 Å². The minimum absolute atomic E-state index is 0.108. The number of carbonyl (C=O) groups is 3. The lowest BCUT2D eigenvalue weighted by Gasteiger charge is -2.32. The Labute approximate surface area is 224 Å². The van der Waals surface area contributed by atoms with Gasteiger partial charge in [-0.05, 0) is 32.1 Å². The maximum absolute atomic E-state index is 12.4. The van der Waals surface area contributed by atoms with Gasteiger partial charge in [0, 0.05) is 38.9 Å². The van der Waals surface area contributed by atoms with E-state index in [9.17, 15) is 24.6 Å². The fraction of sp³-hybridized carbons (Fsp3) is 0.667. The van der Waals surface area contributed by atoms with Crippen LogP contribution in [0, 0.1) is 5.92 Å². The standard InChI is InChI=1S/C24H34N8O7/c1-2-26-22(36)19-17(34)18(35)23(39-19)32-11-27-16-20(25)28-13(29-21(16)32)4-3-12-7-9-31(10-8-12)24(37)38-15-6-5-14(33)30-15/h11-12,15,17-19,23,34-35H,2-10H2,1H3,(H,26,36)(H,30,33)(H2,25,28,29)/t15?,17?,18?,19-,23+/m0/s1. The molecule has 0 bridgehead atoms. The van der Waals surface area contributed by atoms with E-state index >= 15 is 0 Å². The van der Waals surface area contributed by atoms with Gasteiger partial charge in [-0.15, -0.1) is 0 Å². The number of likely N-dealkylation sites (tertiary alicyclic amines) is 1. The van der Waals surface area contributed by atoms with Crippen molar-refractivity contribution in [2.75, 3.05) is 25.4 Å². The molecular formula is C24H34N8O7. The van der Waals surface area contributed by atoms with Crippen molar-refractivity contribution < 1.29 is 34.1 Å². The van der Waals surface area contributed by atoms with E-state index < -0.39 is 42.8 Å². The van der Waals surface area contributed by atoms with Gasteiger partial charge in [0.1, 0.15) is 23.5 Å². The van der Waals surface area contributed by atoms with Crippen LogP contribution < -0.4 is 16.4 Å². The number of aryl methyl sites for hydroxylation is 1. The zero-order valence-corrected chi connectivity index (χ0v) is 21.7. The summed E-state index contributed by atoms with van der Waals surface area (Å²) < 4.78 is 12.5. The summed E-state index contributed by atoms with van der Waals surface area (Å²) in [4.78, 5) is 50.9. The van der Waals surface area contributed by atoms with Gasteiger partial charge in [-0.1, -0.05) is 0 Å². The Kier molecular flexibility index (Phi) is 7.81. The molecule has 3 unspecified atom stereocenters. The zero-order chi connectivity index (χ0) is 27.7. The number of nitrogens with zero attached hydrogens (tertiary/aromatic N) is 5. The van der Waals surface area contributed by atoms with Crippen molar-refractivity contribution in [2.24, 2.45) is 5.92 Å². The number of nitrogen functional groups attached to an aromatic ring is 1. The summed E-state index contributed by atoms with van der Waals surface area (Å²) >= 11 is 0. The van der Waals surface area contributed by atoms with E-state index in [4.69, 9.17) is 15.2 Å². The molecule has 2 aromatic rings. The van der Waals surface area contributed by atoms with E-state index in [1.807, 2.05) is 0 Å². The number of fused-ring (bicyclic) bond motifs is 1. The normalized spacial score (nSPS) is 27.6. The molecule has 0 saturated carbocycles. The third-order valence-electron chi connectivity index (χ3n) is 7.46. The monoisotopic (exact) mass is 546 g/mol. The Balaban J connectivity index is 1.20. The lowest BCUT2D eigenvalue weighted by molar-refractivity contribution is -0.137. The van der Waals surface area contributed by atoms with Crippen LogP contribution in [-0.4, -0.2) is 96.7 Å². The largest absolute Gasteiger partial charge is 0.425 e. The van der Waals surface area contributed by atoms with Crippen molar-refractivity contribution in [2.45, 2.75) is 76.2 Å². The summed E-state index contributed by atoms with van der Waals surface area (Å²) in [5.41, 5.74) is 6.82. The highest BCUT2D eigenvalue weighted by molar-refractivity contribution is 5.83. The molecule has 39 heavy (non-hydrogen) atoms. The molecule has 0 aliphatic carbocycles. The first-order valence-electron chi connectivity index (χ1n) is 13.3. The van der Waals surface area contributed by atoms with Crippen molar-refractivity contribution >= 4 is 34.9 Å². The van der Waals surface area contributed by atoms with Gasteiger partial charge >= 0.3 is 6.09 Å². The molecule has 5 atom stereocenters. The SMILES string of the molecule is CCNC(=O)[C@H]1O[C@@H](n2cnc3c(N)nc(CCC4CCN(C(=O)OC5CCC(=O)N5)CC4)nc32)C(O)C1O. The Bertz CT molecular complexity index is 1230. The molecule has 3 aliphatic rings. The van der Waals surface area contributed by atoms with Gasteiger partial charge in [0.25, 0.3) is 5.91 Å². The van der Waals surface area contributed by atoms with Gasteiger partial charge in [-0.25, -0.2) is 19.7 Å². The molecule has 2 aromatic heterocycles. The lowest BCUT2D eigenvalue weighted by atomic mass is 9.92. The maximum Gasteiger partial charge on any atom is 0.411 e. The number of rotatable bonds is 7. The summed E-state index contributed by atoms with van der Waals surface area (Å²) in [6.45, 7) is 3.22. The number of imidazole rings is 1. The molecule has 0 aromatic carbocycles. The molecule has 3 saturated heterocycles. The number of aliphatic hydroxyl groups excluding tert-OH is 2. The quantitative estimate of drug-likeness (QED) is 0.290. The zero-order valence-electron chi connectivity index (χ0n) is 21.7. The molecule has 15 nitrogen and oxygen atoms in total. The topological polar surface area (TPSA) is 207 Å². The first-order valence-corrected chi connectivity index (χ1v) is 13.3. The van der Waals surface area contributed by atoms with Crippen LogP contribution in [0.2, 0.25) is 0 Å². The van der Waals surface area contributed by atoms with Gasteiger partial charge in [0.15, 0.2) is 30.0 Å². The van der Waals surface area contributed by atoms with Gasteiger partial charge in [0.2, 0.25) is 5.91 Å². The van der Waals surface area contributed by atoms with Crippen LogP contribution >= 0.6 is 0 Å². The fourth-order valence-corrected chi connectivity index (χ4v) is 5.27. The van der Waals surface area contributed by atoms with Gasteiger partial charge in [-0.2, -0.15) is 0 Å². The highest BCUT2D eigenvalue weighted by Gasteiger charge is 2.47. The fourth-order valence-electron chi connectivity index (χ4n) is 5.27. The molecule has 3 aliphatic heterocycles. The van der Waals surface area contributed by atoms with E-state index in [1.165, 1.54) is 10.9 Å². The third-order valence-corrected chi connectivity index (χ3v) is 7.46. The second-order valence-electron chi connectivity index (χ2n) is 10.1. The van der Waals surface area contributed by atoms with Gasteiger partial charge < -0.3 is 41.0 Å². The number of carbonyl (C=O) groups excluding carboxylic acids is 3. The molecule has 15 heteroatoms. The van der Waals surface area contributed by atoms with Gasteiger partial charge in [0.05, 0.1) is 6.33 Å². The van der Waals surface area contributed by atoms with Crippen LogP contribution in [0.15, 0.2) is 6.33 Å². The Hall–Kier alpha value is -3.56. The Morgan fingerprint density at radius 2 is 2.00 bits per heavy atom. The highest BCUT2D eigenvalue weighted by atomic mass is 16.6. The molecular weight excluding hydrogens is 512 g/mol. The van der Waals surface area contributed by atoms with Crippen LogP contribution in [0.25, 0.3) is 11.2 Å². The number of piperidine rings is 1. The number of amides is 3. The number of anilines is 1. The molecule has 212 valence electrons. The second-order valence-corrected chi connectivity index (χ2v) is 10.1. The minimum Gasteiger partial charge on any atom is -0.425 e. The van der Waals surface area contributed by atoms with Gasteiger partial charge in [-0.3, -0.25) is 14.2 Å².